The van der Waals surface area contributed by atoms with Crippen molar-refractivity contribution in [1.29, 1.82) is 0 Å². The number of nitrogens with zero attached hydrogens (tertiary/aromatic N) is 1. The summed E-state index contributed by atoms with van der Waals surface area (Å²) in [5, 5.41) is 0. The lowest BCUT2D eigenvalue weighted by Gasteiger charge is -2.18. The van der Waals surface area contributed by atoms with Gasteiger partial charge >= 0.3 is 0 Å². The minimum Gasteiger partial charge on any atom is -0.300 e. The van der Waals surface area contributed by atoms with Gasteiger partial charge in [-0.2, -0.15) is 0 Å². The van der Waals surface area contributed by atoms with E-state index in [1.807, 2.05) is 12.1 Å². The molecule has 0 aliphatic heterocycles. The van der Waals surface area contributed by atoms with Crippen LogP contribution in [0.1, 0.15) is 25.0 Å². The Morgan fingerprint density at radius 2 is 1.82 bits per heavy atom. The highest BCUT2D eigenvalue weighted by atomic mass is 35.7. The van der Waals surface area contributed by atoms with Crippen LogP contribution < -0.4 is 0 Å². The van der Waals surface area contributed by atoms with Gasteiger partial charge in [0.05, 0.1) is 4.90 Å². The largest absolute Gasteiger partial charge is 0.300 e. The van der Waals surface area contributed by atoms with Crippen molar-refractivity contribution in [3.05, 3.63) is 29.3 Å². The molecular weight excluding hydrogens is 258 g/mol. The van der Waals surface area contributed by atoms with E-state index in [9.17, 15) is 8.42 Å². The predicted octanol–water partition coefficient (Wildman–Crippen LogP) is 2.76. The number of rotatable bonds is 5. The molecule has 0 radical (unpaired) electrons. The zero-order valence-corrected chi connectivity index (χ0v) is 12.0. The van der Waals surface area contributed by atoms with Gasteiger partial charge in [-0.3, -0.25) is 4.90 Å². The molecule has 3 nitrogen and oxygen atoms in total. The van der Waals surface area contributed by atoms with Crippen molar-refractivity contribution in [2.24, 2.45) is 0 Å². The van der Waals surface area contributed by atoms with E-state index in [1.165, 1.54) is 0 Å². The Morgan fingerprint density at radius 1 is 1.24 bits per heavy atom. The number of hydrogen-bond acceptors (Lipinski definition) is 3. The topological polar surface area (TPSA) is 37.4 Å². The molecular formula is C12H18ClNO2S. The molecule has 0 atom stereocenters. The predicted molar refractivity (Wildman–Crippen MR) is 70.8 cm³/mol. The van der Waals surface area contributed by atoms with Gasteiger partial charge in [0, 0.05) is 17.2 Å². The van der Waals surface area contributed by atoms with E-state index in [-0.39, 0.29) is 4.90 Å². The molecule has 0 fully saturated rings. The second kappa shape index (κ2) is 5.85. The minimum absolute atomic E-state index is 0.197. The molecule has 1 aromatic carbocycles. The Kier molecular flexibility index (Phi) is 4.98. The minimum atomic E-state index is -3.63. The monoisotopic (exact) mass is 275 g/mol. The van der Waals surface area contributed by atoms with Crippen LogP contribution in [0.4, 0.5) is 0 Å². The average molecular weight is 276 g/mol. The summed E-state index contributed by atoms with van der Waals surface area (Å²) in [4.78, 5) is 2.46. The van der Waals surface area contributed by atoms with Gasteiger partial charge in [-0.1, -0.05) is 26.0 Å². The van der Waals surface area contributed by atoms with Crippen LogP contribution in [0.15, 0.2) is 23.1 Å². The maximum Gasteiger partial charge on any atom is 0.261 e. The fourth-order valence-corrected chi connectivity index (χ4v) is 2.98. The van der Waals surface area contributed by atoms with Gasteiger partial charge in [-0.05, 0) is 37.2 Å². The average Bonchev–Trinajstić information content (AvgIpc) is 2.24. The molecule has 0 aromatic heterocycles. The zero-order chi connectivity index (χ0) is 13.1. The van der Waals surface area contributed by atoms with Gasteiger partial charge < -0.3 is 0 Å². The number of aryl methyl sites for hydroxylation is 1. The first-order valence-electron chi connectivity index (χ1n) is 5.65. The smallest absolute Gasteiger partial charge is 0.261 e. The van der Waals surface area contributed by atoms with Gasteiger partial charge in [0.1, 0.15) is 0 Å². The molecule has 0 saturated carbocycles. The quantitative estimate of drug-likeness (QED) is 0.776. The standard InChI is InChI=1S/C12H18ClNO2S/c1-4-14(5-2)9-11-6-7-12(10(3)8-11)17(13,15)16/h6-8H,4-5,9H2,1-3H3. The Balaban J connectivity index is 2.97. The van der Waals surface area contributed by atoms with Gasteiger partial charge in [-0.25, -0.2) is 8.42 Å². The molecule has 0 spiro atoms. The number of halogens is 1. The van der Waals surface area contributed by atoms with Crippen LogP contribution in [-0.4, -0.2) is 26.4 Å². The van der Waals surface area contributed by atoms with Crippen molar-refractivity contribution in [2.45, 2.75) is 32.2 Å². The van der Waals surface area contributed by atoms with Crippen LogP contribution >= 0.6 is 10.7 Å². The molecule has 0 aliphatic rings. The Morgan fingerprint density at radius 3 is 2.24 bits per heavy atom. The van der Waals surface area contributed by atoms with E-state index >= 15 is 0 Å². The van der Waals surface area contributed by atoms with Crippen LogP contribution in [0.25, 0.3) is 0 Å². The highest BCUT2D eigenvalue weighted by Crippen LogP contribution is 2.21. The van der Waals surface area contributed by atoms with Crippen molar-refractivity contribution in [2.75, 3.05) is 13.1 Å². The first kappa shape index (κ1) is 14.5. The van der Waals surface area contributed by atoms with Crippen LogP contribution in [0.5, 0.6) is 0 Å². The second-order valence-electron chi connectivity index (χ2n) is 4.00. The van der Waals surface area contributed by atoms with E-state index < -0.39 is 9.05 Å². The van der Waals surface area contributed by atoms with E-state index in [0.29, 0.717) is 5.56 Å². The molecule has 0 bridgehead atoms. The van der Waals surface area contributed by atoms with Crippen LogP contribution in [0.2, 0.25) is 0 Å². The third kappa shape index (κ3) is 3.98. The van der Waals surface area contributed by atoms with Gasteiger partial charge in [-0.15, -0.1) is 0 Å². The normalized spacial score (nSPS) is 12.1. The van der Waals surface area contributed by atoms with E-state index in [2.05, 4.69) is 18.7 Å². The summed E-state index contributed by atoms with van der Waals surface area (Å²) in [6, 6.07) is 5.28. The Bertz CT molecular complexity index is 481. The summed E-state index contributed by atoms with van der Waals surface area (Å²) in [6.45, 7) is 8.76. The lowest BCUT2D eigenvalue weighted by atomic mass is 10.1. The number of benzene rings is 1. The molecule has 5 heteroatoms. The summed E-state index contributed by atoms with van der Waals surface area (Å²) in [6.07, 6.45) is 0. The number of hydrogen-bond donors (Lipinski definition) is 0. The highest BCUT2D eigenvalue weighted by Gasteiger charge is 2.13. The second-order valence-corrected chi connectivity index (χ2v) is 6.53. The van der Waals surface area contributed by atoms with E-state index in [0.717, 1.165) is 25.2 Å². The first-order chi connectivity index (χ1) is 7.88. The third-order valence-corrected chi connectivity index (χ3v) is 4.28. The summed E-state index contributed by atoms with van der Waals surface area (Å²) < 4.78 is 22.5. The van der Waals surface area contributed by atoms with Crippen molar-refractivity contribution in [3.63, 3.8) is 0 Å². The Hall–Kier alpha value is -0.580. The van der Waals surface area contributed by atoms with Crippen LogP contribution in [-0.2, 0) is 15.6 Å². The van der Waals surface area contributed by atoms with Gasteiger partial charge in [0.25, 0.3) is 9.05 Å². The molecule has 1 rings (SSSR count). The first-order valence-corrected chi connectivity index (χ1v) is 7.96. The van der Waals surface area contributed by atoms with Crippen LogP contribution in [0.3, 0.4) is 0 Å². The molecule has 96 valence electrons. The molecule has 0 saturated heterocycles. The van der Waals surface area contributed by atoms with Crippen LogP contribution in [0, 0.1) is 6.92 Å². The highest BCUT2D eigenvalue weighted by molar-refractivity contribution is 8.13. The fraction of sp³-hybridized carbons (Fsp3) is 0.500. The fourth-order valence-electron chi connectivity index (χ4n) is 1.79. The zero-order valence-electron chi connectivity index (χ0n) is 10.4. The van der Waals surface area contributed by atoms with Crippen molar-refractivity contribution < 1.29 is 8.42 Å². The van der Waals surface area contributed by atoms with E-state index in [1.54, 1.807) is 13.0 Å². The van der Waals surface area contributed by atoms with Gasteiger partial charge in [0.2, 0.25) is 0 Å². The van der Waals surface area contributed by atoms with Crippen molar-refractivity contribution in [3.8, 4) is 0 Å². The molecule has 1 aromatic rings. The van der Waals surface area contributed by atoms with Crippen molar-refractivity contribution >= 4 is 19.7 Å². The van der Waals surface area contributed by atoms with Gasteiger partial charge in [0.15, 0.2) is 0 Å². The summed E-state index contributed by atoms with van der Waals surface area (Å²) in [5.74, 6) is 0. The lowest BCUT2D eigenvalue weighted by Crippen LogP contribution is -2.22. The SMILES string of the molecule is CCN(CC)Cc1ccc(S(=O)(=O)Cl)c(C)c1. The summed E-state index contributed by atoms with van der Waals surface area (Å²) in [5.41, 5.74) is 1.81. The lowest BCUT2D eigenvalue weighted by molar-refractivity contribution is 0.296. The third-order valence-electron chi connectivity index (χ3n) is 2.80. The molecule has 0 amide bonds. The molecule has 17 heavy (non-hydrogen) atoms. The summed E-state index contributed by atoms with van der Waals surface area (Å²) in [7, 11) is 1.71. The molecule has 0 unspecified atom stereocenters. The summed E-state index contributed by atoms with van der Waals surface area (Å²) >= 11 is 0. The van der Waals surface area contributed by atoms with E-state index in [4.69, 9.17) is 10.7 Å². The Labute approximate surface area is 108 Å². The maximum atomic E-state index is 11.3. The molecule has 0 aliphatic carbocycles. The maximum absolute atomic E-state index is 11.3. The van der Waals surface area contributed by atoms with Crippen molar-refractivity contribution in [1.82, 2.24) is 4.90 Å². The molecule has 0 heterocycles. The molecule has 0 N–H and O–H groups in total.